The van der Waals surface area contributed by atoms with Gasteiger partial charge in [-0.25, -0.2) is 9.67 Å². The van der Waals surface area contributed by atoms with Gasteiger partial charge in [-0.1, -0.05) is 0 Å². The number of carbonyl (C=O) groups excluding carboxylic acids is 1. The molecule has 0 unspecified atom stereocenters. The largest absolute Gasteiger partial charge is 0.339 e. The molecule has 0 aliphatic rings. The van der Waals surface area contributed by atoms with Crippen LogP contribution in [0.15, 0.2) is 53.6 Å². The van der Waals surface area contributed by atoms with Crippen molar-refractivity contribution in [1.82, 2.24) is 29.5 Å². The quantitative estimate of drug-likeness (QED) is 0.469. The molecule has 3 aromatic heterocycles. The predicted octanol–water partition coefficient (Wildman–Crippen LogP) is 2.83. The number of hydrogen-bond donors (Lipinski definition) is 2. The SMILES string of the molecule is Cc1cc(=O)n(CC(=O)Nc2ccc(Nc3ccc(-n4nc(C)c(C)c4C)nn3)cc2)cn1. The van der Waals surface area contributed by atoms with Gasteiger partial charge in [-0.05, 0) is 69.7 Å². The van der Waals surface area contributed by atoms with Gasteiger partial charge >= 0.3 is 0 Å². The molecule has 10 nitrogen and oxygen atoms in total. The molecule has 1 amide bonds. The average molecular weight is 444 g/mol. The Morgan fingerprint density at radius 3 is 2.30 bits per heavy atom. The van der Waals surface area contributed by atoms with Gasteiger partial charge in [0.2, 0.25) is 5.91 Å². The monoisotopic (exact) mass is 444 g/mol. The van der Waals surface area contributed by atoms with Crippen LogP contribution in [0.5, 0.6) is 0 Å². The van der Waals surface area contributed by atoms with E-state index in [2.05, 4.69) is 30.9 Å². The summed E-state index contributed by atoms with van der Waals surface area (Å²) in [5.74, 6) is 0.916. The van der Waals surface area contributed by atoms with E-state index in [9.17, 15) is 9.59 Å². The third-order valence-electron chi connectivity index (χ3n) is 5.29. The maximum atomic E-state index is 12.3. The van der Waals surface area contributed by atoms with Crippen LogP contribution < -0.4 is 16.2 Å². The molecule has 0 aliphatic heterocycles. The Morgan fingerprint density at radius 2 is 1.70 bits per heavy atom. The van der Waals surface area contributed by atoms with Crippen LogP contribution in [0.1, 0.15) is 22.6 Å². The van der Waals surface area contributed by atoms with Gasteiger partial charge in [0.05, 0.1) is 12.0 Å². The highest BCUT2D eigenvalue weighted by Gasteiger charge is 2.11. The summed E-state index contributed by atoms with van der Waals surface area (Å²) in [6.07, 6.45) is 1.37. The van der Waals surface area contributed by atoms with Gasteiger partial charge in [0, 0.05) is 28.8 Å². The number of nitrogens with zero attached hydrogens (tertiary/aromatic N) is 6. The van der Waals surface area contributed by atoms with Gasteiger partial charge in [0.25, 0.3) is 5.56 Å². The lowest BCUT2D eigenvalue weighted by atomic mass is 10.2. The van der Waals surface area contributed by atoms with Gasteiger partial charge in [0.15, 0.2) is 11.6 Å². The molecule has 4 rings (SSSR count). The summed E-state index contributed by atoms with van der Waals surface area (Å²) in [7, 11) is 0. The van der Waals surface area contributed by atoms with Crippen molar-refractivity contribution in [2.24, 2.45) is 0 Å². The Balaban J connectivity index is 1.37. The van der Waals surface area contributed by atoms with Crippen molar-refractivity contribution in [2.45, 2.75) is 34.2 Å². The van der Waals surface area contributed by atoms with Gasteiger partial charge in [-0.2, -0.15) is 5.10 Å². The number of aromatic nitrogens is 6. The molecule has 3 heterocycles. The van der Waals surface area contributed by atoms with E-state index in [1.807, 2.05) is 45.0 Å². The first kappa shape index (κ1) is 21.9. The van der Waals surface area contributed by atoms with Crippen LogP contribution >= 0.6 is 0 Å². The molecular formula is C23H24N8O2. The smallest absolute Gasteiger partial charge is 0.253 e. The van der Waals surface area contributed by atoms with E-state index in [0.717, 1.165) is 22.6 Å². The first-order valence-electron chi connectivity index (χ1n) is 10.4. The molecule has 1 aromatic carbocycles. The molecule has 0 spiro atoms. The lowest BCUT2D eigenvalue weighted by Crippen LogP contribution is -2.27. The number of amides is 1. The second-order valence-corrected chi connectivity index (χ2v) is 7.73. The minimum Gasteiger partial charge on any atom is -0.339 e. The van der Waals surface area contributed by atoms with Crippen LogP contribution in [0.4, 0.5) is 17.2 Å². The maximum Gasteiger partial charge on any atom is 0.253 e. The highest BCUT2D eigenvalue weighted by molar-refractivity contribution is 5.90. The summed E-state index contributed by atoms with van der Waals surface area (Å²) in [4.78, 5) is 28.2. The van der Waals surface area contributed by atoms with Gasteiger partial charge in [0.1, 0.15) is 6.54 Å². The second-order valence-electron chi connectivity index (χ2n) is 7.73. The van der Waals surface area contributed by atoms with E-state index in [1.165, 1.54) is 17.0 Å². The van der Waals surface area contributed by atoms with Crippen molar-refractivity contribution in [1.29, 1.82) is 0 Å². The predicted molar refractivity (Wildman–Crippen MR) is 125 cm³/mol. The van der Waals surface area contributed by atoms with Crippen LogP contribution in [0.2, 0.25) is 0 Å². The van der Waals surface area contributed by atoms with Crippen LogP contribution in [0.3, 0.4) is 0 Å². The summed E-state index contributed by atoms with van der Waals surface area (Å²) < 4.78 is 3.04. The zero-order valence-electron chi connectivity index (χ0n) is 18.8. The first-order chi connectivity index (χ1) is 15.8. The van der Waals surface area contributed by atoms with E-state index < -0.39 is 0 Å². The number of anilines is 3. The van der Waals surface area contributed by atoms with Crippen molar-refractivity contribution in [3.05, 3.63) is 81.8 Å². The van der Waals surface area contributed by atoms with Crippen molar-refractivity contribution in [3.63, 3.8) is 0 Å². The highest BCUT2D eigenvalue weighted by atomic mass is 16.2. The summed E-state index contributed by atoms with van der Waals surface area (Å²) >= 11 is 0. The Labute approximate surface area is 190 Å². The molecule has 0 radical (unpaired) electrons. The molecule has 0 saturated heterocycles. The highest BCUT2D eigenvalue weighted by Crippen LogP contribution is 2.19. The summed E-state index contributed by atoms with van der Waals surface area (Å²) in [6, 6.07) is 12.2. The minimum atomic E-state index is -0.315. The number of hydrogen-bond acceptors (Lipinski definition) is 7. The summed E-state index contributed by atoms with van der Waals surface area (Å²) in [5.41, 5.74) is 4.87. The maximum absolute atomic E-state index is 12.3. The molecular weight excluding hydrogens is 420 g/mol. The zero-order chi connectivity index (χ0) is 23.5. The normalized spacial score (nSPS) is 10.8. The fraction of sp³-hybridized carbons (Fsp3) is 0.217. The molecule has 4 aromatic rings. The fourth-order valence-corrected chi connectivity index (χ4v) is 3.22. The molecule has 0 aliphatic carbocycles. The Kier molecular flexibility index (Phi) is 5.99. The third-order valence-corrected chi connectivity index (χ3v) is 5.29. The molecule has 10 heteroatoms. The topological polar surface area (TPSA) is 120 Å². The van der Waals surface area contributed by atoms with Crippen molar-refractivity contribution < 1.29 is 4.79 Å². The first-order valence-corrected chi connectivity index (χ1v) is 10.4. The molecule has 0 bridgehead atoms. The molecule has 33 heavy (non-hydrogen) atoms. The molecule has 0 atom stereocenters. The molecule has 168 valence electrons. The van der Waals surface area contributed by atoms with Crippen molar-refractivity contribution in [2.75, 3.05) is 10.6 Å². The van der Waals surface area contributed by atoms with Gasteiger partial charge in [-0.3, -0.25) is 14.2 Å². The van der Waals surface area contributed by atoms with Crippen LogP contribution in [-0.4, -0.2) is 35.4 Å². The number of benzene rings is 1. The average Bonchev–Trinajstić information content (AvgIpc) is 3.05. The van der Waals surface area contributed by atoms with E-state index in [4.69, 9.17) is 0 Å². The Bertz CT molecular complexity index is 1350. The van der Waals surface area contributed by atoms with Gasteiger partial charge in [-0.15, -0.1) is 10.2 Å². The van der Waals surface area contributed by atoms with Crippen molar-refractivity contribution in [3.8, 4) is 5.82 Å². The van der Waals surface area contributed by atoms with Gasteiger partial charge < -0.3 is 10.6 Å². The van der Waals surface area contributed by atoms with Crippen molar-refractivity contribution >= 4 is 23.1 Å². The standard InChI is InChI=1S/C23H24N8O2/c1-14-11-23(33)30(13-24-14)12-22(32)26-19-7-5-18(6-8-19)25-20-9-10-21(28-27-20)31-17(4)15(2)16(3)29-31/h5-11,13H,12H2,1-4H3,(H,25,27)(H,26,32). The third kappa shape index (κ3) is 4.95. The Morgan fingerprint density at radius 1 is 0.970 bits per heavy atom. The van der Waals surface area contributed by atoms with E-state index in [1.54, 1.807) is 23.7 Å². The fourth-order valence-electron chi connectivity index (χ4n) is 3.22. The van der Waals surface area contributed by atoms with Crippen LogP contribution in [0, 0.1) is 27.7 Å². The zero-order valence-corrected chi connectivity index (χ0v) is 18.8. The number of aryl methyl sites for hydroxylation is 2. The summed E-state index contributed by atoms with van der Waals surface area (Å²) in [5, 5.41) is 18.9. The second kappa shape index (κ2) is 9.03. The summed E-state index contributed by atoms with van der Waals surface area (Å²) in [6.45, 7) is 7.61. The van der Waals surface area contributed by atoms with E-state index >= 15 is 0 Å². The van der Waals surface area contributed by atoms with E-state index in [-0.39, 0.29) is 18.0 Å². The minimum absolute atomic E-state index is 0.108. The number of carbonyl (C=O) groups is 1. The molecule has 0 fully saturated rings. The molecule has 0 saturated carbocycles. The molecule has 2 N–H and O–H groups in total. The number of nitrogens with one attached hydrogen (secondary N) is 2. The lowest BCUT2D eigenvalue weighted by molar-refractivity contribution is -0.116. The lowest BCUT2D eigenvalue weighted by Gasteiger charge is -2.09. The Hall–Kier alpha value is -4.34. The number of rotatable bonds is 6. The van der Waals surface area contributed by atoms with Crippen LogP contribution in [0.25, 0.3) is 5.82 Å². The van der Waals surface area contributed by atoms with E-state index in [0.29, 0.717) is 23.0 Å². The van der Waals surface area contributed by atoms with Crippen LogP contribution in [-0.2, 0) is 11.3 Å².